The number of aromatic nitrogens is 1. The molecule has 2 heterocycles. The van der Waals surface area contributed by atoms with Gasteiger partial charge >= 0.3 is 0 Å². The summed E-state index contributed by atoms with van der Waals surface area (Å²) in [5, 5.41) is 2.82. The molecule has 7 nitrogen and oxygen atoms in total. The third-order valence-corrected chi connectivity index (χ3v) is 4.65. The standard InChI is InChI=1S/C22H18N4O3/c1-25(2)16-10-8-15(9-11-16)24-20(27)14-5-3-6-17(13-14)26-21(28)18-7-4-12-23-19(18)22(26)29/h3-13H,1-2H3,(H,24,27). The first-order chi connectivity index (χ1) is 14.0. The first-order valence-corrected chi connectivity index (χ1v) is 8.98. The van der Waals surface area contributed by atoms with Crippen LogP contribution in [0.25, 0.3) is 0 Å². The Morgan fingerprint density at radius 1 is 0.966 bits per heavy atom. The van der Waals surface area contributed by atoms with Crippen LogP contribution < -0.4 is 15.1 Å². The van der Waals surface area contributed by atoms with Crippen molar-refractivity contribution in [2.75, 3.05) is 29.2 Å². The number of nitrogens with zero attached hydrogens (tertiary/aromatic N) is 3. The summed E-state index contributed by atoms with van der Waals surface area (Å²) in [6, 6.07) is 17.0. The van der Waals surface area contributed by atoms with Crippen molar-refractivity contribution >= 4 is 34.8 Å². The summed E-state index contributed by atoms with van der Waals surface area (Å²) in [5.74, 6) is -1.28. The van der Waals surface area contributed by atoms with Crippen molar-refractivity contribution in [2.45, 2.75) is 0 Å². The Bertz CT molecular complexity index is 1090. The Labute approximate surface area is 167 Å². The number of benzene rings is 2. The zero-order chi connectivity index (χ0) is 20.5. The monoisotopic (exact) mass is 386 g/mol. The van der Waals surface area contributed by atoms with Gasteiger partial charge in [0.25, 0.3) is 17.7 Å². The maximum absolute atomic E-state index is 12.7. The molecule has 0 aliphatic carbocycles. The van der Waals surface area contributed by atoms with Gasteiger partial charge in [0.05, 0.1) is 11.3 Å². The van der Waals surface area contributed by atoms with Crippen molar-refractivity contribution in [1.29, 1.82) is 0 Å². The van der Waals surface area contributed by atoms with Gasteiger partial charge in [-0.2, -0.15) is 0 Å². The molecule has 3 aromatic rings. The van der Waals surface area contributed by atoms with Gasteiger partial charge in [0.1, 0.15) is 5.69 Å². The molecule has 29 heavy (non-hydrogen) atoms. The Balaban J connectivity index is 1.57. The lowest BCUT2D eigenvalue weighted by molar-refractivity contribution is 0.0922. The number of hydrogen-bond acceptors (Lipinski definition) is 5. The Morgan fingerprint density at radius 3 is 2.41 bits per heavy atom. The summed E-state index contributed by atoms with van der Waals surface area (Å²) in [5.41, 5.74) is 2.71. The van der Waals surface area contributed by atoms with Gasteiger partial charge in [0.15, 0.2) is 0 Å². The van der Waals surface area contributed by atoms with E-state index >= 15 is 0 Å². The molecule has 0 atom stereocenters. The molecule has 1 aromatic heterocycles. The van der Waals surface area contributed by atoms with Crippen molar-refractivity contribution in [2.24, 2.45) is 0 Å². The highest BCUT2D eigenvalue weighted by atomic mass is 16.2. The van der Waals surface area contributed by atoms with Crippen LogP contribution in [0.1, 0.15) is 31.2 Å². The van der Waals surface area contributed by atoms with Crippen LogP contribution in [0.15, 0.2) is 66.9 Å². The van der Waals surface area contributed by atoms with Gasteiger partial charge in [-0.15, -0.1) is 0 Å². The van der Waals surface area contributed by atoms with E-state index in [0.717, 1.165) is 10.6 Å². The molecule has 1 N–H and O–H groups in total. The van der Waals surface area contributed by atoms with Gasteiger partial charge in [-0.25, -0.2) is 4.90 Å². The van der Waals surface area contributed by atoms with Crippen LogP contribution in [0.2, 0.25) is 0 Å². The summed E-state index contributed by atoms with van der Waals surface area (Å²) in [4.78, 5) is 44.9. The van der Waals surface area contributed by atoms with E-state index in [9.17, 15) is 14.4 Å². The minimum Gasteiger partial charge on any atom is -0.378 e. The highest BCUT2D eigenvalue weighted by molar-refractivity contribution is 6.33. The number of fused-ring (bicyclic) bond motifs is 1. The Kier molecular flexibility index (Phi) is 4.56. The second-order valence-electron chi connectivity index (χ2n) is 6.79. The van der Waals surface area contributed by atoms with Crippen LogP contribution >= 0.6 is 0 Å². The fourth-order valence-corrected chi connectivity index (χ4v) is 3.13. The topological polar surface area (TPSA) is 82.6 Å². The van der Waals surface area contributed by atoms with E-state index in [-0.39, 0.29) is 17.2 Å². The number of carbonyl (C=O) groups excluding carboxylic acids is 3. The third kappa shape index (κ3) is 3.34. The van der Waals surface area contributed by atoms with Crippen molar-refractivity contribution in [1.82, 2.24) is 4.98 Å². The Morgan fingerprint density at radius 2 is 1.72 bits per heavy atom. The smallest absolute Gasteiger partial charge is 0.284 e. The Hall–Kier alpha value is -4.00. The normalized spacial score (nSPS) is 12.7. The van der Waals surface area contributed by atoms with Crippen LogP contribution in [0.3, 0.4) is 0 Å². The van der Waals surface area contributed by atoms with Crippen LogP contribution in [0, 0.1) is 0 Å². The van der Waals surface area contributed by atoms with E-state index in [1.54, 1.807) is 30.3 Å². The molecule has 0 saturated carbocycles. The average Bonchev–Trinajstić information content (AvgIpc) is 2.99. The minimum atomic E-state index is -0.498. The van der Waals surface area contributed by atoms with E-state index in [1.807, 2.05) is 43.3 Å². The maximum atomic E-state index is 12.7. The number of amides is 3. The fraction of sp³-hybridized carbons (Fsp3) is 0.0909. The predicted octanol–water partition coefficient (Wildman–Crippen LogP) is 3.20. The zero-order valence-corrected chi connectivity index (χ0v) is 15.9. The number of carbonyl (C=O) groups is 3. The molecule has 1 aliphatic rings. The van der Waals surface area contributed by atoms with Gasteiger partial charge in [-0.3, -0.25) is 19.4 Å². The van der Waals surface area contributed by atoms with Gasteiger partial charge in [-0.05, 0) is 54.6 Å². The molecular weight excluding hydrogens is 368 g/mol. The number of imide groups is 1. The molecule has 7 heteroatoms. The quantitative estimate of drug-likeness (QED) is 0.697. The SMILES string of the molecule is CN(C)c1ccc(NC(=O)c2cccc(N3C(=O)c4cccnc4C3=O)c2)cc1. The molecule has 0 unspecified atom stereocenters. The highest BCUT2D eigenvalue weighted by Gasteiger charge is 2.37. The number of hydrogen-bond donors (Lipinski definition) is 1. The van der Waals surface area contributed by atoms with E-state index in [0.29, 0.717) is 16.9 Å². The van der Waals surface area contributed by atoms with E-state index in [4.69, 9.17) is 0 Å². The fourth-order valence-electron chi connectivity index (χ4n) is 3.13. The largest absolute Gasteiger partial charge is 0.378 e. The molecule has 0 saturated heterocycles. The summed E-state index contributed by atoms with van der Waals surface area (Å²) < 4.78 is 0. The zero-order valence-electron chi connectivity index (χ0n) is 15.9. The highest BCUT2D eigenvalue weighted by Crippen LogP contribution is 2.28. The van der Waals surface area contributed by atoms with Crippen LogP contribution in [0.5, 0.6) is 0 Å². The molecule has 0 spiro atoms. The van der Waals surface area contributed by atoms with Crippen LogP contribution in [-0.2, 0) is 0 Å². The van der Waals surface area contributed by atoms with Crippen molar-refractivity contribution in [3.8, 4) is 0 Å². The lowest BCUT2D eigenvalue weighted by atomic mass is 10.1. The van der Waals surface area contributed by atoms with Crippen molar-refractivity contribution < 1.29 is 14.4 Å². The van der Waals surface area contributed by atoms with E-state index in [1.165, 1.54) is 12.3 Å². The van der Waals surface area contributed by atoms with E-state index < -0.39 is 11.8 Å². The lowest BCUT2D eigenvalue weighted by Crippen LogP contribution is -2.29. The molecular formula is C22H18N4O3. The van der Waals surface area contributed by atoms with Crippen LogP contribution in [-0.4, -0.2) is 36.8 Å². The molecule has 0 radical (unpaired) electrons. The molecule has 4 rings (SSSR count). The van der Waals surface area contributed by atoms with Gasteiger partial charge in [-0.1, -0.05) is 6.07 Å². The first-order valence-electron chi connectivity index (χ1n) is 8.98. The van der Waals surface area contributed by atoms with Gasteiger partial charge < -0.3 is 10.2 Å². The number of rotatable bonds is 4. The number of pyridine rings is 1. The number of anilines is 3. The second kappa shape index (κ2) is 7.20. The van der Waals surface area contributed by atoms with Gasteiger partial charge in [0, 0.05) is 37.2 Å². The van der Waals surface area contributed by atoms with Crippen LogP contribution in [0.4, 0.5) is 17.1 Å². The second-order valence-corrected chi connectivity index (χ2v) is 6.79. The molecule has 0 bridgehead atoms. The first kappa shape index (κ1) is 18.4. The van der Waals surface area contributed by atoms with Crippen molar-refractivity contribution in [3.63, 3.8) is 0 Å². The average molecular weight is 386 g/mol. The summed E-state index contributed by atoms with van der Waals surface area (Å²) in [6.45, 7) is 0. The maximum Gasteiger partial charge on any atom is 0.284 e. The molecule has 0 fully saturated rings. The summed E-state index contributed by atoms with van der Waals surface area (Å²) >= 11 is 0. The summed E-state index contributed by atoms with van der Waals surface area (Å²) in [7, 11) is 3.88. The third-order valence-electron chi connectivity index (χ3n) is 4.65. The van der Waals surface area contributed by atoms with Gasteiger partial charge in [0.2, 0.25) is 0 Å². The minimum absolute atomic E-state index is 0.119. The lowest BCUT2D eigenvalue weighted by Gasteiger charge is -2.15. The number of nitrogens with one attached hydrogen (secondary N) is 1. The summed E-state index contributed by atoms with van der Waals surface area (Å²) in [6.07, 6.45) is 1.47. The van der Waals surface area contributed by atoms with E-state index in [2.05, 4.69) is 10.3 Å². The van der Waals surface area contributed by atoms with Crippen molar-refractivity contribution in [3.05, 3.63) is 83.7 Å². The molecule has 2 aromatic carbocycles. The molecule has 3 amide bonds. The predicted molar refractivity (Wildman–Crippen MR) is 111 cm³/mol. The molecule has 1 aliphatic heterocycles. The molecule has 144 valence electrons.